The Hall–Kier alpha value is -6.30. The number of imide groups is 1. The van der Waals surface area contributed by atoms with Gasteiger partial charge in [0.15, 0.2) is 11.5 Å². The molecule has 18 heteroatoms. The molecule has 3 N–H and O–H groups in total. The lowest BCUT2D eigenvalue weighted by molar-refractivity contribution is -0.136. The van der Waals surface area contributed by atoms with E-state index in [0.717, 1.165) is 101 Å². The third kappa shape index (κ3) is 8.28. The summed E-state index contributed by atoms with van der Waals surface area (Å²) in [5, 5.41) is 16.3. The molecule has 3 aliphatic heterocycles. The van der Waals surface area contributed by atoms with Gasteiger partial charge in [-0.25, -0.2) is 23.7 Å². The van der Waals surface area contributed by atoms with Gasteiger partial charge in [-0.15, -0.1) is 0 Å². The van der Waals surface area contributed by atoms with Crippen molar-refractivity contribution in [3.05, 3.63) is 77.5 Å². The number of carbonyl (C=O) groups is 4. The van der Waals surface area contributed by atoms with Crippen LogP contribution in [0.25, 0.3) is 17.2 Å². The number of hydrogen-bond acceptors (Lipinski definition) is 12. The number of pyridine rings is 1. The molecule has 1 unspecified atom stereocenters. The zero-order valence-corrected chi connectivity index (χ0v) is 33.2. The smallest absolute Gasteiger partial charge is 0.323 e. The van der Waals surface area contributed by atoms with Gasteiger partial charge < -0.3 is 25.0 Å². The number of halogens is 1. The second-order valence-corrected chi connectivity index (χ2v) is 16.0. The summed E-state index contributed by atoms with van der Waals surface area (Å²) >= 11 is 0. The van der Waals surface area contributed by atoms with Gasteiger partial charge in [-0.1, -0.05) is 30.8 Å². The van der Waals surface area contributed by atoms with E-state index < -0.39 is 23.8 Å². The number of carbonyl (C=O) groups excluding carboxylic acids is 4. The molecule has 0 bridgehead atoms. The maximum Gasteiger partial charge on any atom is 0.323 e. The number of fused-ring (bicyclic) bond motifs is 2. The Labute approximate surface area is 345 Å². The fourth-order valence-corrected chi connectivity index (χ4v) is 8.94. The number of aryl methyl sites for hydroxylation is 1. The fourth-order valence-electron chi connectivity index (χ4n) is 8.94. The maximum absolute atomic E-state index is 15.2. The minimum absolute atomic E-state index is 0.0556. The molecule has 312 valence electrons. The third-order valence-electron chi connectivity index (χ3n) is 12.1. The highest BCUT2D eigenvalue weighted by atomic mass is 19.1. The second-order valence-electron chi connectivity index (χ2n) is 16.0. The molecule has 4 aliphatic rings. The first kappa shape index (κ1) is 39.2. The molecule has 0 radical (unpaired) electrons. The number of urea groups is 1. The Kier molecular flexibility index (Phi) is 11.2. The number of nitrogens with zero attached hydrogens (tertiary/aromatic N) is 9. The van der Waals surface area contributed by atoms with Crippen LogP contribution in [0.15, 0.2) is 53.4 Å². The van der Waals surface area contributed by atoms with Gasteiger partial charge >= 0.3 is 6.03 Å². The summed E-state index contributed by atoms with van der Waals surface area (Å²) in [5.74, 6) is -0.795. The number of benzene rings is 1. The molecular weight excluding hydrogens is 772 g/mol. The summed E-state index contributed by atoms with van der Waals surface area (Å²) in [6.07, 6.45) is 14.1. The van der Waals surface area contributed by atoms with E-state index in [4.69, 9.17) is 4.52 Å². The van der Waals surface area contributed by atoms with E-state index in [1.807, 2.05) is 18.2 Å². The van der Waals surface area contributed by atoms with Gasteiger partial charge in [-0.2, -0.15) is 10.1 Å². The van der Waals surface area contributed by atoms with E-state index in [0.29, 0.717) is 42.2 Å². The number of unbranched alkanes of at least 4 members (excludes halogenated alkanes) is 3. The zero-order chi connectivity index (χ0) is 41.2. The van der Waals surface area contributed by atoms with Crippen molar-refractivity contribution in [3.63, 3.8) is 0 Å². The predicted octanol–water partition coefficient (Wildman–Crippen LogP) is 5.30. The monoisotopic (exact) mass is 818 g/mol. The minimum atomic E-state index is -0.686. The fraction of sp³-hybridized carbons (Fsp3) is 0.452. The summed E-state index contributed by atoms with van der Waals surface area (Å²) in [6.45, 7) is 5.04. The molecule has 3 fully saturated rings. The van der Waals surface area contributed by atoms with Crippen LogP contribution in [0.2, 0.25) is 0 Å². The SMILES string of the molecule is O=C1CCC(N2Cc3cc(N4CCN(CCCCCCc5nc(-c6ncc(NC(=O)Nc7cnc8ccnn8c7C7CCCC7)cc6F)no5)CC4)ccc3C2=O)C(=O)N1. The normalized spacial score (nSPS) is 18.7. The highest BCUT2D eigenvalue weighted by Crippen LogP contribution is 2.38. The van der Waals surface area contributed by atoms with Gasteiger partial charge in [0, 0.05) is 74.9 Å². The minimum Gasteiger partial charge on any atom is -0.369 e. The molecule has 5 amide bonds. The number of nitrogens with one attached hydrogen (secondary N) is 3. The van der Waals surface area contributed by atoms with Gasteiger partial charge in [-0.3, -0.25) is 24.6 Å². The van der Waals surface area contributed by atoms with E-state index in [1.165, 1.54) is 12.3 Å². The van der Waals surface area contributed by atoms with Crippen LogP contribution >= 0.6 is 0 Å². The van der Waals surface area contributed by atoms with Crippen molar-refractivity contribution in [2.45, 2.75) is 89.1 Å². The number of anilines is 3. The van der Waals surface area contributed by atoms with Gasteiger partial charge in [0.05, 0.1) is 35.7 Å². The van der Waals surface area contributed by atoms with Crippen molar-refractivity contribution in [2.24, 2.45) is 0 Å². The van der Waals surface area contributed by atoms with Gasteiger partial charge in [-0.05, 0) is 62.4 Å². The molecule has 60 heavy (non-hydrogen) atoms. The van der Waals surface area contributed by atoms with Crippen LogP contribution in [-0.2, 0) is 22.6 Å². The molecule has 1 aromatic carbocycles. The quantitative estimate of drug-likeness (QED) is 0.103. The van der Waals surface area contributed by atoms with Gasteiger partial charge in [0.25, 0.3) is 5.91 Å². The molecule has 1 saturated carbocycles. The molecule has 7 heterocycles. The van der Waals surface area contributed by atoms with E-state index in [2.05, 4.69) is 57.0 Å². The van der Waals surface area contributed by atoms with E-state index >= 15 is 4.39 Å². The summed E-state index contributed by atoms with van der Waals surface area (Å²) in [5.41, 5.74) is 4.93. The molecule has 1 atom stereocenters. The summed E-state index contributed by atoms with van der Waals surface area (Å²) < 4.78 is 22.4. The Bertz CT molecular complexity index is 2420. The van der Waals surface area contributed by atoms with Crippen LogP contribution in [0.5, 0.6) is 0 Å². The zero-order valence-electron chi connectivity index (χ0n) is 33.2. The lowest BCUT2D eigenvalue weighted by atomic mass is 10.0. The molecule has 0 spiro atoms. The van der Waals surface area contributed by atoms with E-state index in [9.17, 15) is 19.2 Å². The molecule has 17 nitrogen and oxygen atoms in total. The Morgan fingerprint density at radius 3 is 2.58 bits per heavy atom. The highest BCUT2D eigenvalue weighted by molar-refractivity contribution is 6.05. The first-order valence-electron chi connectivity index (χ1n) is 20.9. The predicted molar refractivity (Wildman–Crippen MR) is 218 cm³/mol. The average molecular weight is 819 g/mol. The molecule has 2 saturated heterocycles. The van der Waals surface area contributed by atoms with E-state index in [-0.39, 0.29) is 41.4 Å². The summed E-state index contributed by atoms with van der Waals surface area (Å²) in [6, 6.07) is 7.77. The standard InChI is InChI=1S/C42H47FN12O5/c43-31-22-28(47-42(59)48-32-24-44-34-14-15-46-55(34)38(32)26-7-4-5-8-26)23-45-37(31)39-50-36(60-51-39)9-3-1-2-6-16-52-17-19-53(20-18-52)29-10-11-30-27(21-29)25-54(41(30)58)33-12-13-35(56)49-40(33)57/h10-11,14-15,21-24,26,33H,1-9,12-13,16-20,25H2,(H2,47,48,59)(H,49,56,57). The molecular formula is C42H47FN12O5. The van der Waals surface area contributed by atoms with Crippen molar-refractivity contribution in [1.29, 1.82) is 0 Å². The van der Waals surface area contributed by atoms with Crippen LogP contribution < -0.4 is 20.9 Å². The lowest BCUT2D eigenvalue weighted by Gasteiger charge is -2.36. The Balaban J connectivity index is 0.689. The lowest BCUT2D eigenvalue weighted by Crippen LogP contribution is -2.52. The molecule has 5 aromatic rings. The van der Waals surface area contributed by atoms with Crippen molar-refractivity contribution in [3.8, 4) is 11.5 Å². The number of piperazine rings is 1. The van der Waals surface area contributed by atoms with Crippen LogP contribution in [0.3, 0.4) is 0 Å². The number of amides is 5. The highest BCUT2D eigenvalue weighted by Gasteiger charge is 2.39. The van der Waals surface area contributed by atoms with Crippen molar-refractivity contribution in [1.82, 2.24) is 44.8 Å². The van der Waals surface area contributed by atoms with Crippen LogP contribution in [0.4, 0.5) is 26.2 Å². The third-order valence-corrected chi connectivity index (χ3v) is 12.1. The summed E-state index contributed by atoms with van der Waals surface area (Å²) in [7, 11) is 0. The van der Waals surface area contributed by atoms with Crippen molar-refractivity contribution in [2.75, 3.05) is 48.3 Å². The topological polar surface area (TPSA) is 196 Å². The average Bonchev–Trinajstić information content (AvgIpc) is 4.08. The van der Waals surface area contributed by atoms with Crippen LogP contribution in [0, 0.1) is 5.82 Å². The van der Waals surface area contributed by atoms with Gasteiger partial charge in [0.2, 0.25) is 23.5 Å². The van der Waals surface area contributed by atoms with Crippen LogP contribution in [-0.4, -0.2) is 102 Å². The number of piperidine rings is 1. The van der Waals surface area contributed by atoms with E-state index in [1.54, 1.807) is 21.8 Å². The number of rotatable bonds is 13. The van der Waals surface area contributed by atoms with Crippen LogP contribution in [0.1, 0.15) is 97.6 Å². The second kappa shape index (κ2) is 17.1. The summed E-state index contributed by atoms with van der Waals surface area (Å²) in [4.78, 5) is 69.5. The van der Waals surface area contributed by atoms with Crippen molar-refractivity contribution < 1.29 is 28.1 Å². The van der Waals surface area contributed by atoms with Gasteiger partial charge in [0.1, 0.15) is 11.7 Å². The molecule has 1 aliphatic carbocycles. The Morgan fingerprint density at radius 2 is 1.77 bits per heavy atom. The first-order chi connectivity index (χ1) is 29.3. The van der Waals surface area contributed by atoms with Crippen molar-refractivity contribution >= 4 is 46.5 Å². The number of aromatic nitrogens is 6. The Morgan fingerprint density at radius 1 is 0.933 bits per heavy atom. The maximum atomic E-state index is 15.2. The molecule has 4 aromatic heterocycles. The number of hydrogen-bond donors (Lipinski definition) is 3. The first-order valence-corrected chi connectivity index (χ1v) is 20.9. The largest absolute Gasteiger partial charge is 0.369 e. The molecule has 9 rings (SSSR count).